The van der Waals surface area contributed by atoms with Crippen LogP contribution in [0.2, 0.25) is 0 Å². The lowest BCUT2D eigenvalue weighted by Crippen LogP contribution is -2.22. The number of hydrogen-bond acceptors (Lipinski definition) is 6. The third kappa shape index (κ3) is 2.83. The van der Waals surface area contributed by atoms with Gasteiger partial charge in [-0.1, -0.05) is 6.07 Å². The lowest BCUT2D eigenvalue weighted by Gasteiger charge is -2.01. The van der Waals surface area contributed by atoms with E-state index < -0.39 is 10.8 Å². The zero-order valence-corrected chi connectivity index (χ0v) is 13.6. The monoisotopic (exact) mass is 344 g/mol. The fourth-order valence-corrected chi connectivity index (χ4v) is 3.06. The first-order chi connectivity index (χ1) is 11.4. The highest BCUT2D eigenvalue weighted by molar-refractivity contribution is 8.18. The molecule has 0 saturated carbocycles. The molecule has 1 aromatic heterocycles. The van der Waals surface area contributed by atoms with Crippen molar-refractivity contribution in [3.63, 3.8) is 0 Å². The zero-order chi connectivity index (χ0) is 17.4. The highest BCUT2D eigenvalue weighted by Gasteiger charge is 2.32. The van der Waals surface area contributed by atoms with Crippen LogP contribution in [0.5, 0.6) is 0 Å². The van der Waals surface area contributed by atoms with Gasteiger partial charge in [0, 0.05) is 19.2 Å². The molecule has 1 aromatic carbocycles. The fraction of sp³-hybridized carbons (Fsp3) is 0.125. The molecule has 0 N–H and O–H groups in total. The minimum absolute atomic E-state index is 0.0511. The molecule has 122 valence electrons. The van der Waals surface area contributed by atoms with E-state index in [-0.39, 0.29) is 15.8 Å². The van der Waals surface area contributed by atoms with Crippen molar-refractivity contribution in [1.29, 1.82) is 0 Å². The summed E-state index contributed by atoms with van der Waals surface area (Å²) in [5.41, 5.74) is 1.08. The summed E-state index contributed by atoms with van der Waals surface area (Å²) in [5, 5.41) is 10.9. The number of likely N-dealkylation sites (N-methyl/N-ethyl adjacent to an activating group) is 1. The molecule has 0 aliphatic carbocycles. The second-order valence-corrected chi connectivity index (χ2v) is 6.21. The van der Waals surface area contributed by atoms with Crippen LogP contribution in [-0.4, -0.2) is 28.0 Å². The predicted molar refractivity (Wildman–Crippen MR) is 89.3 cm³/mol. The molecule has 8 heteroatoms. The first-order valence-electron chi connectivity index (χ1n) is 6.93. The minimum atomic E-state index is -0.465. The number of imide groups is 1. The Bertz CT molecular complexity index is 900. The van der Waals surface area contributed by atoms with Crippen molar-refractivity contribution in [3.8, 4) is 11.3 Å². The Morgan fingerprint density at radius 1 is 1.25 bits per heavy atom. The maximum atomic E-state index is 11.9. The lowest BCUT2D eigenvalue weighted by molar-refractivity contribution is -0.384. The number of amides is 2. The zero-order valence-electron chi connectivity index (χ0n) is 12.8. The smallest absolute Gasteiger partial charge is 0.293 e. The summed E-state index contributed by atoms with van der Waals surface area (Å²) in [6.45, 7) is 1.77. The second kappa shape index (κ2) is 5.97. The quantitative estimate of drug-likeness (QED) is 0.477. The van der Waals surface area contributed by atoms with Crippen LogP contribution in [0.15, 0.2) is 39.7 Å². The Labute approximate surface area is 141 Å². The normalized spacial score (nSPS) is 16.2. The maximum Gasteiger partial charge on any atom is 0.293 e. The van der Waals surface area contributed by atoms with E-state index in [2.05, 4.69) is 0 Å². The number of nitro groups is 1. The maximum absolute atomic E-state index is 11.9. The molecule has 0 spiro atoms. The number of carbonyl (C=O) groups is 2. The number of thioether (sulfide) groups is 1. The molecule has 24 heavy (non-hydrogen) atoms. The Balaban J connectivity index is 1.97. The Hall–Kier alpha value is -2.87. The summed E-state index contributed by atoms with van der Waals surface area (Å²) in [5.74, 6) is 0.270. The van der Waals surface area contributed by atoms with E-state index in [1.807, 2.05) is 0 Å². The van der Waals surface area contributed by atoms with Crippen molar-refractivity contribution < 1.29 is 18.9 Å². The standard InChI is InChI=1S/C16H12N2O5S/c1-9-3-5-11(12(7-9)18(21)22)13-6-4-10(23-13)8-14-15(19)17(2)16(20)24-14/h3-8H,1-2H3/b14-8+. The summed E-state index contributed by atoms with van der Waals surface area (Å²) < 4.78 is 5.60. The minimum Gasteiger partial charge on any atom is -0.456 e. The lowest BCUT2D eigenvalue weighted by atomic mass is 10.1. The number of nitrogens with zero attached hydrogens (tertiary/aromatic N) is 2. The van der Waals surface area contributed by atoms with Crippen molar-refractivity contribution in [2.45, 2.75) is 6.92 Å². The first-order valence-corrected chi connectivity index (χ1v) is 7.75. The van der Waals surface area contributed by atoms with Gasteiger partial charge in [-0.05, 0) is 42.4 Å². The molecule has 7 nitrogen and oxygen atoms in total. The van der Waals surface area contributed by atoms with E-state index in [1.165, 1.54) is 19.2 Å². The molecule has 2 aromatic rings. The van der Waals surface area contributed by atoms with Crippen molar-refractivity contribution in [3.05, 3.63) is 56.7 Å². The molecule has 0 atom stereocenters. The van der Waals surface area contributed by atoms with E-state index in [1.54, 1.807) is 31.2 Å². The van der Waals surface area contributed by atoms with Crippen molar-refractivity contribution in [2.75, 3.05) is 7.05 Å². The third-order valence-corrected chi connectivity index (χ3v) is 4.46. The Morgan fingerprint density at radius 3 is 2.62 bits per heavy atom. The number of carbonyl (C=O) groups excluding carboxylic acids is 2. The van der Waals surface area contributed by atoms with Gasteiger partial charge in [0.15, 0.2) is 0 Å². The van der Waals surface area contributed by atoms with Crippen LogP contribution in [0.25, 0.3) is 17.4 Å². The Morgan fingerprint density at radius 2 is 2.00 bits per heavy atom. The van der Waals surface area contributed by atoms with E-state index in [4.69, 9.17) is 4.42 Å². The largest absolute Gasteiger partial charge is 0.456 e. The summed E-state index contributed by atoms with van der Waals surface area (Å²) in [6.07, 6.45) is 1.46. The molecule has 0 radical (unpaired) electrons. The summed E-state index contributed by atoms with van der Waals surface area (Å²) in [4.78, 5) is 35.4. The number of aryl methyl sites for hydroxylation is 1. The van der Waals surface area contributed by atoms with Gasteiger partial charge in [0.2, 0.25) is 0 Å². The van der Waals surface area contributed by atoms with Crippen molar-refractivity contribution >= 4 is 34.7 Å². The first kappa shape index (κ1) is 16.0. The van der Waals surface area contributed by atoms with Crippen LogP contribution in [0.3, 0.4) is 0 Å². The molecule has 0 unspecified atom stereocenters. The van der Waals surface area contributed by atoms with E-state index in [0.717, 1.165) is 22.2 Å². The van der Waals surface area contributed by atoms with Gasteiger partial charge in [-0.15, -0.1) is 0 Å². The predicted octanol–water partition coefficient (Wildman–Crippen LogP) is 3.83. The number of nitro benzene ring substituents is 1. The van der Waals surface area contributed by atoms with Gasteiger partial charge in [0.05, 0.1) is 15.4 Å². The molecule has 2 amide bonds. The average molecular weight is 344 g/mol. The van der Waals surface area contributed by atoms with Crippen LogP contribution in [0.4, 0.5) is 10.5 Å². The molecular weight excluding hydrogens is 332 g/mol. The van der Waals surface area contributed by atoms with E-state index in [9.17, 15) is 19.7 Å². The molecule has 1 fully saturated rings. The fourth-order valence-electron chi connectivity index (χ4n) is 2.25. The van der Waals surface area contributed by atoms with E-state index >= 15 is 0 Å². The average Bonchev–Trinajstić information content (AvgIpc) is 3.09. The summed E-state index contributed by atoms with van der Waals surface area (Å²) in [7, 11) is 1.40. The SMILES string of the molecule is Cc1ccc(-c2ccc(/C=C3/SC(=O)N(C)C3=O)o2)c([N+](=O)[O-])c1. The summed E-state index contributed by atoms with van der Waals surface area (Å²) in [6, 6.07) is 8.05. The van der Waals surface area contributed by atoms with Gasteiger partial charge >= 0.3 is 0 Å². The van der Waals surface area contributed by atoms with Gasteiger partial charge in [-0.25, -0.2) is 0 Å². The third-order valence-electron chi connectivity index (χ3n) is 3.50. The molecule has 1 aliphatic rings. The van der Waals surface area contributed by atoms with Crippen LogP contribution in [-0.2, 0) is 4.79 Å². The molecular formula is C16H12N2O5S. The van der Waals surface area contributed by atoms with Crippen LogP contribution < -0.4 is 0 Å². The van der Waals surface area contributed by atoms with Crippen molar-refractivity contribution in [1.82, 2.24) is 4.90 Å². The van der Waals surface area contributed by atoms with E-state index in [0.29, 0.717) is 17.1 Å². The van der Waals surface area contributed by atoms with Gasteiger partial charge in [0.1, 0.15) is 11.5 Å². The van der Waals surface area contributed by atoms with Crippen molar-refractivity contribution in [2.24, 2.45) is 0 Å². The number of benzene rings is 1. The molecule has 3 rings (SSSR count). The number of rotatable bonds is 3. The molecule has 0 bridgehead atoms. The van der Waals surface area contributed by atoms with Gasteiger partial charge in [-0.3, -0.25) is 24.6 Å². The molecule has 1 aliphatic heterocycles. The summed E-state index contributed by atoms with van der Waals surface area (Å²) >= 11 is 0.822. The molecule has 2 heterocycles. The Kier molecular flexibility index (Phi) is 3.98. The number of furan rings is 1. The van der Waals surface area contributed by atoms with Crippen LogP contribution in [0.1, 0.15) is 11.3 Å². The highest BCUT2D eigenvalue weighted by atomic mass is 32.2. The highest BCUT2D eigenvalue weighted by Crippen LogP contribution is 2.34. The topological polar surface area (TPSA) is 93.7 Å². The van der Waals surface area contributed by atoms with Crippen LogP contribution >= 0.6 is 11.8 Å². The van der Waals surface area contributed by atoms with Crippen LogP contribution in [0, 0.1) is 17.0 Å². The van der Waals surface area contributed by atoms with Gasteiger partial charge in [0.25, 0.3) is 16.8 Å². The van der Waals surface area contributed by atoms with Gasteiger partial charge < -0.3 is 4.42 Å². The molecule has 1 saturated heterocycles. The van der Waals surface area contributed by atoms with Gasteiger partial charge in [-0.2, -0.15) is 0 Å². The number of hydrogen-bond donors (Lipinski definition) is 0. The second-order valence-electron chi connectivity index (χ2n) is 5.22.